The first-order valence-electron chi connectivity index (χ1n) is 8.03. The van der Waals surface area contributed by atoms with E-state index in [-0.39, 0.29) is 30.7 Å². The van der Waals surface area contributed by atoms with E-state index in [9.17, 15) is 4.39 Å². The molecule has 1 saturated carbocycles. The highest BCUT2D eigenvalue weighted by atomic mass is 127. The molecule has 2 aliphatic rings. The molecule has 1 spiro atoms. The van der Waals surface area contributed by atoms with E-state index in [0.29, 0.717) is 17.7 Å². The van der Waals surface area contributed by atoms with Crippen LogP contribution in [0.25, 0.3) is 0 Å². The van der Waals surface area contributed by atoms with Crippen molar-refractivity contribution in [3.8, 4) is 0 Å². The summed E-state index contributed by atoms with van der Waals surface area (Å²) in [6, 6.07) is 0. The van der Waals surface area contributed by atoms with Crippen molar-refractivity contribution < 1.29 is 4.39 Å². The Balaban J connectivity index is 0.00000220. The lowest BCUT2D eigenvalue weighted by atomic mass is 9.87. The molecule has 0 bridgehead atoms. The summed E-state index contributed by atoms with van der Waals surface area (Å²) in [5, 5.41) is 3.38. The number of thioether (sulfide) groups is 1. The largest absolute Gasteiger partial charge is 0.357 e. The normalized spacial score (nSPS) is 22.0. The Hall–Kier alpha value is 0.280. The fraction of sp³-hybridized carbons (Fsp3) is 0.933. The van der Waals surface area contributed by atoms with Gasteiger partial charge in [0, 0.05) is 36.7 Å². The predicted molar refractivity (Wildman–Crippen MR) is 102 cm³/mol. The summed E-state index contributed by atoms with van der Waals surface area (Å²) < 4.78 is 12.7. The number of aliphatic imine (C=N–C) groups is 1. The van der Waals surface area contributed by atoms with Crippen LogP contribution in [-0.2, 0) is 0 Å². The Labute approximate surface area is 149 Å². The SMILES string of the molecule is CCNC(=NCCCF)N1CCSC2(CCCCC2)C1.I. The fourth-order valence-corrected chi connectivity index (χ4v) is 4.76. The van der Waals surface area contributed by atoms with E-state index in [2.05, 4.69) is 33.9 Å². The summed E-state index contributed by atoms with van der Waals surface area (Å²) in [4.78, 5) is 6.99. The molecule has 0 amide bonds. The molecule has 0 aromatic rings. The first-order chi connectivity index (χ1) is 9.79. The predicted octanol–water partition coefficient (Wildman–Crippen LogP) is 3.68. The lowest BCUT2D eigenvalue weighted by Crippen LogP contribution is -2.53. The van der Waals surface area contributed by atoms with Crippen molar-refractivity contribution >= 4 is 41.7 Å². The zero-order valence-electron chi connectivity index (χ0n) is 13.1. The van der Waals surface area contributed by atoms with Crippen molar-refractivity contribution in [2.75, 3.05) is 38.6 Å². The average molecular weight is 429 g/mol. The van der Waals surface area contributed by atoms with Crippen LogP contribution in [0.4, 0.5) is 4.39 Å². The van der Waals surface area contributed by atoms with Crippen molar-refractivity contribution in [3.63, 3.8) is 0 Å². The van der Waals surface area contributed by atoms with Crippen LogP contribution in [0.1, 0.15) is 45.4 Å². The van der Waals surface area contributed by atoms with Crippen LogP contribution in [0.15, 0.2) is 4.99 Å². The number of guanidine groups is 1. The molecule has 2 rings (SSSR count). The molecule has 1 saturated heterocycles. The van der Waals surface area contributed by atoms with E-state index in [4.69, 9.17) is 0 Å². The van der Waals surface area contributed by atoms with Gasteiger partial charge >= 0.3 is 0 Å². The number of rotatable bonds is 4. The third-order valence-corrected chi connectivity index (χ3v) is 5.74. The molecule has 124 valence electrons. The Bertz CT molecular complexity index is 317. The number of nitrogens with one attached hydrogen (secondary N) is 1. The highest BCUT2D eigenvalue weighted by molar-refractivity contribution is 14.0. The van der Waals surface area contributed by atoms with Gasteiger partial charge in [-0.1, -0.05) is 19.3 Å². The Morgan fingerprint density at radius 2 is 2.10 bits per heavy atom. The minimum atomic E-state index is -0.275. The summed E-state index contributed by atoms with van der Waals surface area (Å²) in [6.45, 7) is 5.47. The first kappa shape index (κ1) is 19.3. The van der Waals surface area contributed by atoms with Gasteiger partial charge in [0.15, 0.2) is 5.96 Å². The molecule has 3 nitrogen and oxygen atoms in total. The van der Waals surface area contributed by atoms with Crippen molar-refractivity contribution in [2.45, 2.75) is 50.2 Å². The molecule has 0 radical (unpaired) electrons. The van der Waals surface area contributed by atoms with Crippen LogP contribution < -0.4 is 5.32 Å². The summed E-state index contributed by atoms with van der Waals surface area (Å²) in [5.74, 6) is 2.18. The minimum absolute atomic E-state index is 0. The molecule has 1 N–H and O–H groups in total. The van der Waals surface area contributed by atoms with Gasteiger partial charge in [0.25, 0.3) is 0 Å². The molecule has 0 aromatic carbocycles. The molecule has 0 unspecified atom stereocenters. The van der Waals surface area contributed by atoms with Crippen LogP contribution in [0, 0.1) is 0 Å². The summed E-state index contributed by atoms with van der Waals surface area (Å²) in [7, 11) is 0. The number of alkyl halides is 1. The molecule has 1 aliphatic heterocycles. The monoisotopic (exact) mass is 429 g/mol. The lowest BCUT2D eigenvalue weighted by Gasteiger charge is -2.45. The Morgan fingerprint density at radius 1 is 1.33 bits per heavy atom. The van der Waals surface area contributed by atoms with Gasteiger partial charge in [0.1, 0.15) is 0 Å². The first-order valence-corrected chi connectivity index (χ1v) is 9.01. The van der Waals surface area contributed by atoms with Crippen molar-refractivity contribution in [3.05, 3.63) is 0 Å². The quantitative estimate of drug-likeness (QED) is 0.320. The Morgan fingerprint density at radius 3 is 2.76 bits per heavy atom. The summed E-state index contributed by atoms with van der Waals surface area (Å²) in [5.41, 5.74) is 0. The number of halogens is 2. The molecule has 1 heterocycles. The average Bonchev–Trinajstić information content (AvgIpc) is 2.47. The highest BCUT2D eigenvalue weighted by Gasteiger charge is 2.38. The van der Waals surface area contributed by atoms with Gasteiger partial charge in [-0.2, -0.15) is 11.8 Å². The van der Waals surface area contributed by atoms with E-state index in [1.54, 1.807) is 0 Å². The van der Waals surface area contributed by atoms with E-state index < -0.39 is 0 Å². The molecule has 6 heteroatoms. The molecule has 1 aliphatic carbocycles. The molecular formula is C15H29FIN3S. The van der Waals surface area contributed by atoms with Crippen molar-refractivity contribution in [1.29, 1.82) is 0 Å². The maximum absolute atomic E-state index is 12.3. The van der Waals surface area contributed by atoms with Crippen molar-refractivity contribution in [2.24, 2.45) is 4.99 Å². The molecule has 0 atom stereocenters. The number of hydrogen-bond donors (Lipinski definition) is 1. The van der Waals surface area contributed by atoms with E-state index in [0.717, 1.165) is 25.6 Å². The van der Waals surface area contributed by atoms with Gasteiger partial charge in [-0.15, -0.1) is 24.0 Å². The lowest BCUT2D eigenvalue weighted by molar-refractivity contribution is 0.293. The van der Waals surface area contributed by atoms with E-state index in [1.165, 1.54) is 37.9 Å². The topological polar surface area (TPSA) is 27.6 Å². The molecule has 0 aromatic heterocycles. The summed E-state index contributed by atoms with van der Waals surface area (Å²) >= 11 is 2.17. The second kappa shape index (κ2) is 10.1. The second-order valence-corrected chi connectivity index (χ2v) is 7.35. The zero-order valence-corrected chi connectivity index (χ0v) is 16.2. The maximum atomic E-state index is 12.3. The molecule has 21 heavy (non-hydrogen) atoms. The highest BCUT2D eigenvalue weighted by Crippen LogP contribution is 2.42. The molecule has 2 fully saturated rings. The third kappa shape index (κ3) is 5.77. The van der Waals surface area contributed by atoms with Crippen molar-refractivity contribution in [1.82, 2.24) is 10.2 Å². The maximum Gasteiger partial charge on any atom is 0.193 e. The second-order valence-electron chi connectivity index (χ2n) is 5.79. The smallest absolute Gasteiger partial charge is 0.193 e. The van der Waals surface area contributed by atoms with Gasteiger partial charge in [-0.3, -0.25) is 9.38 Å². The standard InChI is InChI=1S/C15H28FN3S.HI/c1-2-17-14(18-10-6-9-16)19-11-12-20-15(13-19)7-4-3-5-8-15;/h2-13H2,1H3,(H,17,18);1H. The minimum Gasteiger partial charge on any atom is -0.357 e. The third-order valence-electron chi connectivity index (χ3n) is 4.20. The number of hydrogen-bond acceptors (Lipinski definition) is 2. The zero-order chi connectivity index (χ0) is 14.3. The fourth-order valence-electron chi connectivity index (χ4n) is 3.19. The van der Waals surface area contributed by atoms with Crippen LogP contribution in [0.5, 0.6) is 0 Å². The van der Waals surface area contributed by atoms with E-state index in [1.807, 2.05) is 0 Å². The summed E-state index contributed by atoms with van der Waals surface area (Å²) in [6.07, 6.45) is 7.36. The van der Waals surface area contributed by atoms with Gasteiger partial charge in [0.05, 0.1) is 6.67 Å². The Kier molecular flexibility index (Phi) is 9.32. The molecular weight excluding hydrogens is 400 g/mol. The van der Waals surface area contributed by atoms with Gasteiger partial charge in [-0.05, 0) is 26.2 Å². The van der Waals surface area contributed by atoms with Crippen LogP contribution >= 0.6 is 35.7 Å². The van der Waals surface area contributed by atoms with Gasteiger partial charge in [0.2, 0.25) is 0 Å². The number of nitrogens with zero attached hydrogens (tertiary/aromatic N) is 2. The van der Waals surface area contributed by atoms with Crippen LogP contribution in [0.3, 0.4) is 0 Å². The van der Waals surface area contributed by atoms with E-state index >= 15 is 0 Å². The van der Waals surface area contributed by atoms with Gasteiger partial charge < -0.3 is 10.2 Å². The van der Waals surface area contributed by atoms with Crippen LogP contribution in [-0.4, -0.2) is 54.2 Å². The van der Waals surface area contributed by atoms with Crippen LogP contribution in [0.2, 0.25) is 0 Å². The van der Waals surface area contributed by atoms with Gasteiger partial charge in [-0.25, -0.2) is 0 Å².